The first kappa shape index (κ1) is 18.2. The first-order chi connectivity index (χ1) is 8.65. The minimum absolute atomic E-state index is 0.0396. The van der Waals surface area contributed by atoms with E-state index in [0.29, 0.717) is 25.2 Å². The van der Waals surface area contributed by atoms with E-state index >= 15 is 0 Å². The molecule has 5 nitrogen and oxygen atoms in total. The highest BCUT2D eigenvalue weighted by molar-refractivity contribution is 5.68. The number of alkyl carbamates (subject to hydrolysis) is 1. The zero-order valence-corrected chi connectivity index (χ0v) is 12.8. The normalized spacial score (nSPS) is 15.2. The van der Waals surface area contributed by atoms with Crippen molar-refractivity contribution in [2.75, 3.05) is 6.61 Å². The lowest BCUT2D eigenvalue weighted by atomic mass is 9.96. The Morgan fingerprint density at radius 3 is 2.32 bits per heavy atom. The molecule has 0 saturated carbocycles. The molecule has 0 rings (SSSR count). The van der Waals surface area contributed by atoms with Gasteiger partial charge in [-0.3, -0.25) is 0 Å². The summed E-state index contributed by atoms with van der Waals surface area (Å²) in [7, 11) is 0. The van der Waals surface area contributed by atoms with Gasteiger partial charge in [0.15, 0.2) is 0 Å². The van der Waals surface area contributed by atoms with Crippen molar-refractivity contribution in [3.05, 3.63) is 0 Å². The minimum atomic E-state index is -0.665. The van der Waals surface area contributed by atoms with Crippen molar-refractivity contribution < 1.29 is 19.7 Å². The van der Waals surface area contributed by atoms with Crippen LogP contribution in [-0.2, 0) is 4.74 Å². The van der Waals surface area contributed by atoms with E-state index in [0.717, 1.165) is 0 Å². The van der Waals surface area contributed by atoms with E-state index in [1.54, 1.807) is 20.8 Å². The van der Waals surface area contributed by atoms with Crippen LogP contribution in [0.4, 0.5) is 4.79 Å². The summed E-state index contributed by atoms with van der Waals surface area (Å²) >= 11 is 0. The maximum absolute atomic E-state index is 11.7. The second-order valence-electron chi connectivity index (χ2n) is 6.32. The first-order valence-electron chi connectivity index (χ1n) is 6.94. The molecule has 0 bridgehead atoms. The Morgan fingerprint density at radius 1 is 1.32 bits per heavy atom. The Labute approximate surface area is 116 Å². The molecule has 2 unspecified atom stereocenters. The lowest BCUT2D eigenvalue weighted by Crippen LogP contribution is -2.46. The van der Waals surface area contributed by atoms with Gasteiger partial charge in [0, 0.05) is 6.61 Å². The second kappa shape index (κ2) is 8.38. The number of amides is 1. The number of nitrogens with one attached hydrogen (secondary N) is 1. The highest BCUT2D eigenvalue weighted by Crippen LogP contribution is 2.14. The fourth-order valence-electron chi connectivity index (χ4n) is 1.78. The summed E-state index contributed by atoms with van der Waals surface area (Å²) in [5.41, 5.74) is -0.553. The molecular formula is C14H29NO4. The monoisotopic (exact) mass is 275 g/mol. The predicted octanol–water partition coefficient (Wildman–Crippen LogP) is 2.06. The van der Waals surface area contributed by atoms with E-state index in [-0.39, 0.29) is 12.6 Å². The maximum Gasteiger partial charge on any atom is 0.407 e. The van der Waals surface area contributed by atoms with Gasteiger partial charge in [0.2, 0.25) is 0 Å². The number of hydrogen-bond donors (Lipinski definition) is 3. The predicted molar refractivity (Wildman–Crippen MR) is 74.9 cm³/mol. The van der Waals surface area contributed by atoms with E-state index in [1.807, 2.05) is 13.8 Å². The van der Waals surface area contributed by atoms with Crippen LogP contribution in [0.15, 0.2) is 0 Å². The van der Waals surface area contributed by atoms with Crippen LogP contribution in [0.2, 0.25) is 0 Å². The number of aliphatic hydroxyl groups is 2. The van der Waals surface area contributed by atoms with Crippen LogP contribution in [0.5, 0.6) is 0 Å². The highest BCUT2D eigenvalue weighted by Gasteiger charge is 2.24. The smallest absolute Gasteiger partial charge is 0.407 e. The summed E-state index contributed by atoms with van der Waals surface area (Å²) in [6.07, 6.45) is 0.477. The van der Waals surface area contributed by atoms with Gasteiger partial charge in [-0.1, -0.05) is 13.8 Å². The third-order valence-corrected chi connectivity index (χ3v) is 2.55. The molecule has 0 saturated heterocycles. The lowest BCUT2D eigenvalue weighted by Gasteiger charge is -2.27. The quantitative estimate of drug-likeness (QED) is 0.664. The largest absolute Gasteiger partial charge is 0.444 e. The topological polar surface area (TPSA) is 78.8 Å². The average Bonchev–Trinajstić information content (AvgIpc) is 2.21. The van der Waals surface area contributed by atoms with Crippen LogP contribution in [0.3, 0.4) is 0 Å². The average molecular weight is 275 g/mol. The molecule has 0 aromatic heterocycles. The molecule has 0 aliphatic carbocycles. The van der Waals surface area contributed by atoms with Gasteiger partial charge in [0.25, 0.3) is 0 Å². The van der Waals surface area contributed by atoms with Crippen LogP contribution in [0.25, 0.3) is 0 Å². The van der Waals surface area contributed by atoms with Crippen molar-refractivity contribution in [1.82, 2.24) is 5.32 Å². The van der Waals surface area contributed by atoms with Gasteiger partial charge < -0.3 is 20.3 Å². The first-order valence-corrected chi connectivity index (χ1v) is 6.94. The van der Waals surface area contributed by atoms with Crippen LogP contribution in [-0.4, -0.2) is 40.7 Å². The molecule has 0 radical (unpaired) electrons. The molecule has 114 valence electrons. The Kier molecular flexibility index (Phi) is 8.02. The van der Waals surface area contributed by atoms with Crippen LogP contribution in [0.1, 0.15) is 53.9 Å². The standard InChI is InChI=1S/C14H29NO4/c1-10(2)9-11(12(17)7-6-8-16)15-13(18)19-14(3,4)5/h10-12,16-17H,6-9H2,1-5H3,(H,15,18). The molecule has 3 N–H and O–H groups in total. The summed E-state index contributed by atoms with van der Waals surface area (Å²) in [6.45, 7) is 9.49. The molecule has 0 aliphatic heterocycles. The SMILES string of the molecule is CC(C)CC(NC(=O)OC(C)(C)C)C(O)CCCO. The maximum atomic E-state index is 11.7. The Hall–Kier alpha value is -0.810. The third-order valence-electron chi connectivity index (χ3n) is 2.55. The van der Waals surface area contributed by atoms with Crippen LogP contribution in [0, 0.1) is 5.92 Å². The van der Waals surface area contributed by atoms with E-state index in [4.69, 9.17) is 9.84 Å². The number of carbonyl (C=O) groups is 1. The van der Waals surface area contributed by atoms with Crippen LogP contribution < -0.4 is 5.32 Å². The molecule has 0 spiro atoms. The summed E-state index contributed by atoms with van der Waals surface area (Å²) in [6, 6.07) is -0.346. The van der Waals surface area contributed by atoms with Crippen LogP contribution >= 0.6 is 0 Å². The molecule has 2 atom stereocenters. The second-order valence-corrected chi connectivity index (χ2v) is 6.32. The third kappa shape index (κ3) is 9.73. The highest BCUT2D eigenvalue weighted by atomic mass is 16.6. The molecule has 19 heavy (non-hydrogen) atoms. The molecule has 5 heteroatoms. The molecule has 0 heterocycles. The number of hydrogen-bond acceptors (Lipinski definition) is 4. The van der Waals surface area contributed by atoms with E-state index < -0.39 is 17.8 Å². The summed E-state index contributed by atoms with van der Waals surface area (Å²) in [5, 5.41) is 21.6. The molecule has 0 aromatic rings. The number of ether oxygens (including phenoxy) is 1. The van der Waals surface area contributed by atoms with Gasteiger partial charge in [-0.15, -0.1) is 0 Å². The lowest BCUT2D eigenvalue weighted by molar-refractivity contribution is 0.0385. The van der Waals surface area contributed by atoms with Gasteiger partial charge in [-0.25, -0.2) is 4.79 Å². The van der Waals surface area contributed by atoms with E-state index in [1.165, 1.54) is 0 Å². The zero-order chi connectivity index (χ0) is 15.1. The van der Waals surface area contributed by atoms with Gasteiger partial charge in [0.1, 0.15) is 5.60 Å². The van der Waals surface area contributed by atoms with Crippen molar-refractivity contribution in [1.29, 1.82) is 0 Å². The summed E-state index contributed by atoms with van der Waals surface area (Å²) in [4.78, 5) is 11.7. The Morgan fingerprint density at radius 2 is 1.89 bits per heavy atom. The minimum Gasteiger partial charge on any atom is -0.444 e. The van der Waals surface area contributed by atoms with E-state index in [9.17, 15) is 9.90 Å². The zero-order valence-electron chi connectivity index (χ0n) is 12.8. The van der Waals surface area contributed by atoms with Gasteiger partial charge in [-0.05, 0) is 46.0 Å². The fraction of sp³-hybridized carbons (Fsp3) is 0.929. The van der Waals surface area contributed by atoms with Gasteiger partial charge in [-0.2, -0.15) is 0 Å². The van der Waals surface area contributed by atoms with E-state index in [2.05, 4.69) is 5.32 Å². The Balaban J connectivity index is 4.45. The van der Waals surface area contributed by atoms with Gasteiger partial charge in [0.05, 0.1) is 12.1 Å². The van der Waals surface area contributed by atoms with Crippen molar-refractivity contribution >= 4 is 6.09 Å². The van der Waals surface area contributed by atoms with Crippen molar-refractivity contribution in [2.45, 2.75) is 71.6 Å². The number of rotatable bonds is 7. The molecular weight excluding hydrogens is 246 g/mol. The summed E-state index contributed by atoms with van der Waals surface area (Å²) in [5.74, 6) is 0.351. The molecule has 1 amide bonds. The van der Waals surface area contributed by atoms with Crippen molar-refractivity contribution in [3.63, 3.8) is 0 Å². The van der Waals surface area contributed by atoms with Crippen molar-refractivity contribution in [3.8, 4) is 0 Å². The number of carbonyl (C=O) groups excluding carboxylic acids is 1. The van der Waals surface area contributed by atoms with Gasteiger partial charge >= 0.3 is 6.09 Å². The summed E-state index contributed by atoms with van der Waals surface area (Å²) < 4.78 is 5.19. The number of aliphatic hydroxyl groups excluding tert-OH is 2. The Bertz CT molecular complexity index is 261. The molecule has 0 fully saturated rings. The van der Waals surface area contributed by atoms with Crippen molar-refractivity contribution in [2.24, 2.45) is 5.92 Å². The molecule has 0 aromatic carbocycles. The molecule has 0 aliphatic rings. The fourth-order valence-corrected chi connectivity index (χ4v) is 1.78.